The number of aromatic nitrogens is 2. The van der Waals surface area contributed by atoms with Crippen molar-refractivity contribution < 1.29 is 13.9 Å². The summed E-state index contributed by atoms with van der Waals surface area (Å²) in [5.74, 6) is 6.05. The number of nitrogens with zero attached hydrogens (tertiary/aromatic N) is 3. The Balaban J connectivity index is 1.47. The molecule has 1 aromatic carbocycles. The number of ether oxygens (including phenoxy) is 2. The number of hydrogen-bond acceptors (Lipinski definition) is 6. The van der Waals surface area contributed by atoms with E-state index >= 15 is 0 Å². The average Bonchev–Trinajstić information content (AvgIpc) is 3.17. The van der Waals surface area contributed by atoms with E-state index in [1.54, 1.807) is 12.1 Å². The molecule has 3 aromatic rings. The van der Waals surface area contributed by atoms with Crippen molar-refractivity contribution in [3.8, 4) is 17.7 Å². The lowest BCUT2D eigenvalue weighted by atomic mass is 10.2. The molecule has 144 valence electrons. The first kappa shape index (κ1) is 18.8. The van der Waals surface area contributed by atoms with Gasteiger partial charge in [0.1, 0.15) is 16.9 Å². The van der Waals surface area contributed by atoms with E-state index in [9.17, 15) is 4.39 Å². The highest BCUT2D eigenvalue weighted by atomic mass is 32.1. The average molecular weight is 397 g/mol. The van der Waals surface area contributed by atoms with Crippen molar-refractivity contribution in [1.29, 1.82) is 0 Å². The minimum absolute atomic E-state index is 0.314. The zero-order valence-electron chi connectivity index (χ0n) is 15.4. The topological polar surface area (TPSA) is 47.5 Å². The zero-order valence-corrected chi connectivity index (χ0v) is 16.2. The molecule has 0 unspecified atom stereocenters. The van der Waals surface area contributed by atoms with Gasteiger partial charge < -0.3 is 9.47 Å². The maximum absolute atomic E-state index is 13.4. The number of morpholine rings is 1. The molecule has 0 radical (unpaired) electrons. The van der Waals surface area contributed by atoms with Crippen molar-refractivity contribution in [1.82, 2.24) is 14.9 Å². The summed E-state index contributed by atoms with van der Waals surface area (Å²) in [6.45, 7) is 5.01. The summed E-state index contributed by atoms with van der Waals surface area (Å²) in [6.07, 6.45) is 0.889. The second kappa shape index (κ2) is 9.11. The van der Waals surface area contributed by atoms with Crippen molar-refractivity contribution in [3.05, 3.63) is 52.1 Å². The molecular formula is C21H20FN3O2S. The highest BCUT2D eigenvalue weighted by Gasteiger charge is 2.12. The van der Waals surface area contributed by atoms with E-state index in [-0.39, 0.29) is 5.82 Å². The molecular weight excluding hydrogens is 377 g/mol. The normalized spacial score (nSPS) is 14.6. The van der Waals surface area contributed by atoms with Gasteiger partial charge in [-0.05, 0) is 30.5 Å². The second-order valence-electron chi connectivity index (χ2n) is 6.44. The second-order valence-corrected chi connectivity index (χ2v) is 7.18. The minimum Gasteiger partial charge on any atom is -0.476 e. The van der Waals surface area contributed by atoms with Crippen LogP contribution in [0.3, 0.4) is 0 Å². The Morgan fingerprint density at radius 2 is 1.96 bits per heavy atom. The molecule has 1 fully saturated rings. The Labute approximate surface area is 167 Å². The summed E-state index contributed by atoms with van der Waals surface area (Å²) < 4.78 is 24.6. The highest BCUT2D eigenvalue weighted by Crippen LogP contribution is 2.21. The molecule has 4 rings (SSSR count). The van der Waals surface area contributed by atoms with E-state index in [1.807, 2.05) is 10.8 Å². The van der Waals surface area contributed by atoms with Gasteiger partial charge in [0.25, 0.3) is 0 Å². The van der Waals surface area contributed by atoms with E-state index in [0.29, 0.717) is 23.7 Å². The van der Waals surface area contributed by atoms with Crippen LogP contribution in [0.25, 0.3) is 11.0 Å². The van der Waals surface area contributed by atoms with Crippen LogP contribution in [0.1, 0.15) is 17.7 Å². The maximum atomic E-state index is 13.4. The molecule has 3 heterocycles. The number of rotatable bonds is 5. The minimum atomic E-state index is -0.314. The van der Waals surface area contributed by atoms with Gasteiger partial charge in [-0.3, -0.25) is 4.90 Å². The van der Waals surface area contributed by atoms with Crippen molar-refractivity contribution >= 4 is 22.4 Å². The molecule has 0 spiro atoms. The molecule has 0 amide bonds. The van der Waals surface area contributed by atoms with Crippen LogP contribution in [0.15, 0.2) is 35.0 Å². The molecule has 0 bridgehead atoms. The lowest BCUT2D eigenvalue weighted by molar-refractivity contribution is 0.0357. The maximum Gasteiger partial charge on any atom is 0.249 e. The van der Waals surface area contributed by atoms with Gasteiger partial charge in [0.15, 0.2) is 5.69 Å². The number of halogens is 1. The smallest absolute Gasteiger partial charge is 0.249 e. The molecule has 7 heteroatoms. The van der Waals surface area contributed by atoms with Crippen LogP contribution in [0.4, 0.5) is 4.39 Å². The van der Waals surface area contributed by atoms with E-state index in [4.69, 9.17) is 9.47 Å². The van der Waals surface area contributed by atoms with E-state index in [1.165, 1.54) is 23.5 Å². The summed E-state index contributed by atoms with van der Waals surface area (Å²) in [6, 6.07) is 6.18. The summed E-state index contributed by atoms with van der Waals surface area (Å²) in [4.78, 5) is 11.5. The monoisotopic (exact) mass is 397 g/mol. The summed E-state index contributed by atoms with van der Waals surface area (Å²) in [5.41, 5.74) is 2.64. The Hall–Kier alpha value is -2.53. The van der Waals surface area contributed by atoms with E-state index < -0.39 is 0 Å². The fourth-order valence-corrected chi connectivity index (χ4v) is 3.62. The molecule has 0 atom stereocenters. The van der Waals surface area contributed by atoms with Crippen LogP contribution in [0.2, 0.25) is 0 Å². The SMILES string of the molecule is Fc1cccc(C#Cc2nc3cscc3nc2OCCCN2CCOCC2)c1. The summed E-state index contributed by atoms with van der Waals surface area (Å²) in [5, 5.41) is 3.87. The molecule has 0 saturated carbocycles. The summed E-state index contributed by atoms with van der Waals surface area (Å²) in [7, 11) is 0. The Morgan fingerprint density at radius 3 is 2.79 bits per heavy atom. The molecule has 28 heavy (non-hydrogen) atoms. The highest BCUT2D eigenvalue weighted by molar-refractivity contribution is 7.09. The largest absolute Gasteiger partial charge is 0.476 e. The van der Waals surface area contributed by atoms with Gasteiger partial charge in [0.05, 0.1) is 19.8 Å². The predicted octanol–water partition coefficient (Wildman–Crippen LogP) is 3.33. The van der Waals surface area contributed by atoms with Gasteiger partial charge in [-0.1, -0.05) is 12.0 Å². The van der Waals surface area contributed by atoms with Gasteiger partial charge in [-0.2, -0.15) is 0 Å². The van der Waals surface area contributed by atoms with Gasteiger partial charge in [-0.15, -0.1) is 11.3 Å². The van der Waals surface area contributed by atoms with Gasteiger partial charge in [-0.25, -0.2) is 14.4 Å². The third-order valence-corrected chi connectivity index (χ3v) is 5.11. The van der Waals surface area contributed by atoms with Gasteiger partial charge in [0, 0.05) is 36.0 Å². The van der Waals surface area contributed by atoms with Crippen LogP contribution in [0.5, 0.6) is 5.88 Å². The number of thiophene rings is 1. The molecule has 1 aliphatic heterocycles. The lowest BCUT2D eigenvalue weighted by Gasteiger charge is -2.26. The van der Waals surface area contributed by atoms with Crippen molar-refractivity contribution in [2.45, 2.75) is 6.42 Å². The molecule has 0 aliphatic carbocycles. The van der Waals surface area contributed by atoms with Crippen LogP contribution in [0, 0.1) is 17.7 Å². The quantitative estimate of drug-likeness (QED) is 0.488. The van der Waals surface area contributed by atoms with E-state index in [0.717, 1.165) is 50.3 Å². The van der Waals surface area contributed by atoms with Crippen molar-refractivity contribution in [2.24, 2.45) is 0 Å². The first-order valence-corrected chi connectivity index (χ1v) is 10.2. The first-order valence-electron chi connectivity index (χ1n) is 9.22. The first-order chi connectivity index (χ1) is 13.8. The van der Waals surface area contributed by atoms with E-state index in [2.05, 4.69) is 26.7 Å². The number of fused-ring (bicyclic) bond motifs is 1. The van der Waals surface area contributed by atoms with Gasteiger partial charge >= 0.3 is 0 Å². The molecule has 1 aliphatic rings. The van der Waals surface area contributed by atoms with Gasteiger partial charge in [0.2, 0.25) is 5.88 Å². The molecule has 0 N–H and O–H groups in total. The third-order valence-electron chi connectivity index (χ3n) is 4.39. The Kier molecular flexibility index (Phi) is 6.12. The van der Waals surface area contributed by atoms with Crippen molar-refractivity contribution in [2.75, 3.05) is 39.5 Å². The Bertz CT molecular complexity index is 1010. The lowest BCUT2D eigenvalue weighted by Crippen LogP contribution is -2.37. The van der Waals surface area contributed by atoms with Crippen LogP contribution < -0.4 is 4.74 Å². The van der Waals surface area contributed by atoms with Crippen LogP contribution >= 0.6 is 11.3 Å². The number of benzene rings is 1. The zero-order chi connectivity index (χ0) is 19.2. The third kappa shape index (κ3) is 4.84. The van der Waals surface area contributed by atoms with Crippen molar-refractivity contribution in [3.63, 3.8) is 0 Å². The van der Waals surface area contributed by atoms with Crippen LogP contribution in [-0.2, 0) is 4.74 Å². The standard InChI is InChI=1S/C21H20FN3O2S/c22-17-4-1-3-16(13-17)5-6-18-21(24-20-15-28-14-19(20)23-18)27-10-2-7-25-8-11-26-12-9-25/h1,3-4,13-15H,2,7-12H2. The van der Waals surface area contributed by atoms with Crippen LogP contribution in [-0.4, -0.2) is 54.3 Å². The fraction of sp³-hybridized carbons (Fsp3) is 0.333. The molecule has 5 nitrogen and oxygen atoms in total. The summed E-state index contributed by atoms with van der Waals surface area (Å²) >= 11 is 1.54. The molecule has 2 aromatic heterocycles. The number of hydrogen-bond donors (Lipinski definition) is 0. The Morgan fingerprint density at radius 1 is 1.14 bits per heavy atom. The predicted molar refractivity (Wildman–Crippen MR) is 107 cm³/mol. The fourth-order valence-electron chi connectivity index (χ4n) is 2.94. The molecule has 1 saturated heterocycles.